The molecule has 1 heterocycles. The Morgan fingerprint density at radius 1 is 1.19 bits per heavy atom. The van der Waals surface area contributed by atoms with Crippen molar-refractivity contribution in [3.63, 3.8) is 0 Å². The average molecular weight is 389 g/mol. The topological polar surface area (TPSA) is 83.9 Å². The second-order valence-electron chi connectivity index (χ2n) is 7.03. The largest absolute Gasteiger partial charge is 0.460 e. The molecule has 1 fully saturated rings. The molecule has 1 saturated heterocycles. The Hall–Kier alpha value is -2.22. The van der Waals surface area contributed by atoms with E-state index >= 15 is 0 Å². The van der Waals surface area contributed by atoms with Crippen molar-refractivity contribution in [2.24, 2.45) is 0 Å². The van der Waals surface area contributed by atoms with Gasteiger partial charge in [0.05, 0.1) is 10.5 Å². The summed E-state index contributed by atoms with van der Waals surface area (Å²) in [4.78, 5) is 12.8. The van der Waals surface area contributed by atoms with Crippen molar-refractivity contribution in [1.82, 2.24) is 4.31 Å². The first-order valence-corrected chi connectivity index (χ1v) is 10.2. The van der Waals surface area contributed by atoms with Gasteiger partial charge in [-0.05, 0) is 38.0 Å². The average Bonchev–Trinajstić information content (AvgIpc) is 2.97. The molecule has 1 N–H and O–H groups in total. The monoisotopic (exact) mass is 389 g/mol. The lowest BCUT2D eigenvalue weighted by molar-refractivity contribution is -0.154. The Morgan fingerprint density at radius 3 is 2.44 bits per heavy atom. The standard InChI is InChI=1S/C20H23NO5S/c1-15-8-10-17(11-9-15)27(24,25)21-13-12-20(2,23)18(21)19(22)26-14-16-6-4-3-5-7-16/h3-11,18,23H,12-14H2,1-2H3/t18-,20+/m1/s1. The highest BCUT2D eigenvalue weighted by Gasteiger charge is 2.52. The molecule has 2 aromatic carbocycles. The van der Waals surface area contributed by atoms with Crippen LogP contribution in [0.1, 0.15) is 24.5 Å². The zero-order chi connectivity index (χ0) is 19.7. The van der Waals surface area contributed by atoms with Crippen LogP contribution in [0, 0.1) is 6.92 Å². The third-order valence-electron chi connectivity index (χ3n) is 4.79. The Morgan fingerprint density at radius 2 is 1.81 bits per heavy atom. The summed E-state index contributed by atoms with van der Waals surface area (Å²) in [6, 6.07) is 14.2. The summed E-state index contributed by atoms with van der Waals surface area (Å²) in [7, 11) is -3.93. The van der Waals surface area contributed by atoms with Crippen molar-refractivity contribution in [1.29, 1.82) is 0 Å². The van der Waals surface area contributed by atoms with Gasteiger partial charge in [-0.1, -0.05) is 48.0 Å². The Kier molecular flexibility index (Phi) is 5.37. The number of nitrogens with zero attached hydrogens (tertiary/aromatic N) is 1. The van der Waals surface area contributed by atoms with Crippen LogP contribution in [0.25, 0.3) is 0 Å². The first-order valence-electron chi connectivity index (χ1n) is 8.73. The molecular formula is C20H23NO5S. The van der Waals surface area contributed by atoms with Crippen LogP contribution < -0.4 is 0 Å². The number of aliphatic hydroxyl groups is 1. The fourth-order valence-electron chi connectivity index (χ4n) is 3.20. The lowest BCUT2D eigenvalue weighted by Gasteiger charge is -2.29. The second-order valence-corrected chi connectivity index (χ2v) is 8.92. The molecule has 1 aliphatic heterocycles. The molecule has 0 aromatic heterocycles. The van der Waals surface area contributed by atoms with E-state index < -0.39 is 27.6 Å². The smallest absolute Gasteiger partial charge is 0.327 e. The quantitative estimate of drug-likeness (QED) is 0.793. The second kappa shape index (κ2) is 7.42. The van der Waals surface area contributed by atoms with Gasteiger partial charge in [-0.2, -0.15) is 4.31 Å². The molecule has 1 aliphatic rings. The lowest BCUT2D eigenvalue weighted by Crippen LogP contribution is -2.51. The van der Waals surface area contributed by atoms with Gasteiger partial charge in [0.25, 0.3) is 0 Å². The highest BCUT2D eigenvalue weighted by molar-refractivity contribution is 7.89. The molecule has 0 unspecified atom stereocenters. The molecule has 0 saturated carbocycles. The summed E-state index contributed by atoms with van der Waals surface area (Å²) < 4.78 is 32.4. The van der Waals surface area contributed by atoms with E-state index in [1.165, 1.54) is 19.1 Å². The molecule has 144 valence electrons. The van der Waals surface area contributed by atoms with E-state index in [4.69, 9.17) is 4.74 Å². The Labute approximate surface area is 159 Å². The van der Waals surface area contributed by atoms with Crippen molar-refractivity contribution < 1.29 is 23.1 Å². The molecule has 0 aliphatic carbocycles. The van der Waals surface area contributed by atoms with E-state index in [1.807, 2.05) is 25.1 Å². The zero-order valence-corrected chi connectivity index (χ0v) is 16.1. The third-order valence-corrected chi connectivity index (χ3v) is 6.67. The number of carbonyl (C=O) groups is 1. The predicted molar refractivity (Wildman–Crippen MR) is 100 cm³/mol. The number of aryl methyl sites for hydroxylation is 1. The number of hydrogen-bond acceptors (Lipinski definition) is 5. The number of esters is 1. The summed E-state index contributed by atoms with van der Waals surface area (Å²) in [5.74, 6) is -0.753. The van der Waals surface area contributed by atoms with E-state index in [0.29, 0.717) is 0 Å². The first-order chi connectivity index (χ1) is 12.7. The number of rotatable bonds is 5. The molecule has 0 spiro atoms. The van der Waals surface area contributed by atoms with Crippen LogP contribution in [-0.2, 0) is 26.2 Å². The van der Waals surface area contributed by atoms with Crippen LogP contribution in [0.2, 0.25) is 0 Å². The van der Waals surface area contributed by atoms with Crippen molar-refractivity contribution >= 4 is 16.0 Å². The SMILES string of the molecule is Cc1ccc(S(=O)(=O)N2CC[C@](C)(O)[C@H]2C(=O)OCc2ccccc2)cc1. The number of carbonyl (C=O) groups excluding carboxylic acids is 1. The van der Waals surface area contributed by atoms with Gasteiger partial charge in [0, 0.05) is 6.54 Å². The maximum Gasteiger partial charge on any atom is 0.327 e. The van der Waals surface area contributed by atoms with Crippen molar-refractivity contribution in [2.45, 2.75) is 43.4 Å². The van der Waals surface area contributed by atoms with E-state index in [-0.39, 0.29) is 24.5 Å². The molecule has 3 rings (SSSR count). The van der Waals surface area contributed by atoms with E-state index in [2.05, 4.69) is 0 Å². The van der Waals surface area contributed by atoms with E-state index in [9.17, 15) is 18.3 Å². The van der Waals surface area contributed by atoms with Gasteiger partial charge < -0.3 is 9.84 Å². The highest BCUT2D eigenvalue weighted by Crippen LogP contribution is 2.34. The molecule has 0 radical (unpaired) electrons. The first kappa shape index (κ1) is 19.5. The number of sulfonamides is 1. The van der Waals surface area contributed by atoms with Crippen molar-refractivity contribution in [2.75, 3.05) is 6.54 Å². The molecule has 27 heavy (non-hydrogen) atoms. The summed E-state index contributed by atoms with van der Waals surface area (Å²) in [5.41, 5.74) is 0.226. The zero-order valence-electron chi connectivity index (χ0n) is 15.3. The number of benzene rings is 2. The third kappa shape index (κ3) is 4.05. The normalized spacial score (nSPS) is 23.3. The van der Waals surface area contributed by atoms with Crippen LogP contribution in [0.3, 0.4) is 0 Å². The van der Waals surface area contributed by atoms with Crippen LogP contribution in [0.5, 0.6) is 0 Å². The van der Waals surface area contributed by atoms with Crippen LogP contribution in [-0.4, -0.2) is 42.0 Å². The van der Waals surface area contributed by atoms with Gasteiger partial charge >= 0.3 is 5.97 Å². The van der Waals surface area contributed by atoms with Crippen molar-refractivity contribution in [3.8, 4) is 0 Å². The van der Waals surface area contributed by atoms with Crippen LogP contribution in [0.15, 0.2) is 59.5 Å². The summed E-state index contributed by atoms with van der Waals surface area (Å²) in [6.45, 7) is 3.39. The predicted octanol–water partition coefficient (Wildman–Crippen LogP) is 2.25. The minimum absolute atomic E-state index is 0.0185. The molecule has 2 aromatic rings. The van der Waals surface area contributed by atoms with Gasteiger partial charge in [0.2, 0.25) is 10.0 Å². The molecule has 0 bridgehead atoms. The van der Waals surface area contributed by atoms with Crippen molar-refractivity contribution in [3.05, 3.63) is 65.7 Å². The molecule has 7 heteroatoms. The molecular weight excluding hydrogens is 366 g/mol. The number of ether oxygens (including phenoxy) is 1. The molecule has 2 atom stereocenters. The van der Waals surface area contributed by atoms with Gasteiger partial charge in [-0.25, -0.2) is 8.42 Å². The van der Waals surface area contributed by atoms with E-state index in [1.54, 1.807) is 24.3 Å². The van der Waals surface area contributed by atoms with Crippen LogP contribution in [0.4, 0.5) is 0 Å². The van der Waals surface area contributed by atoms with Gasteiger partial charge in [0.1, 0.15) is 6.61 Å². The maximum atomic E-state index is 13.0. The molecule has 0 amide bonds. The minimum Gasteiger partial charge on any atom is -0.460 e. The fraction of sp³-hybridized carbons (Fsp3) is 0.350. The minimum atomic E-state index is -3.93. The van der Waals surface area contributed by atoms with Gasteiger partial charge in [0.15, 0.2) is 6.04 Å². The summed E-state index contributed by atoms with van der Waals surface area (Å²) in [6.07, 6.45) is 0.156. The molecule has 6 nitrogen and oxygen atoms in total. The maximum absolute atomic E-state index is 13.0. The van der Waals surface area contributed by atoms with E-state index in [0.717, 1.165) is 15.4 Å². The Bertz CT molecular complexity index is 907. The fourth-order valence-corrected chi connectivity index (χ4v) is 4.87. The number of hydrogen-bond donors (Lipinski definition) is 1. The van der Waals surface area contributed by atoms with Crippen LogP contribution >= 0.6 is 0 Å². The Balaban J connectivity index is 1.84. The summed E-state index contributed by atoms with van der Waals surface area (Å²) >= 11 is 0. The van der Waals surface area contributed by atoms with Gasteiger partial charge in [-0.3, -0.25) is 4.79 Å². The lowest BCUT2D eigenvalue weighted by atomic mass is 9.98. The summed E-state index contributed by atoms with van der Waals surface area (Å²) in [5, 5.41) is 10.6. The highest BCUT2D eigenvalue weighted by atomic mass is 32.2. The van der Waals surface area contributed by atoms with Gasteiger partial charge in [-0.15, -0.1) is 0 Å².